The molecule has 0 aromatic carbocycles. The maximum Gasteiger partial charge on any atom is 0.320 e. The van der Waals surface area contributed by atoms with E-state index in [1.165, 1.54) is 7.05 Å². The van der Waals surface area contributed by atoms with E-state index in [4.69, 9.17) is 0 Å². The Bertz CT molecular complexity index is 418. The quantitative estimate of drug-likeness (QED) is 0.603. The van der Waals surface area contributed by atoms with E-state index in [0.29, 0.717) is 4.68 Å². The topological polar surface area (TPSA) is 90.1 Å². The Hall–Kier alpha value is -2.06. The van der Waals surface area contributed by atoms with Crippen LogP contribution in [0.15, 0.2) is 6.20 Å². The molecule has 0 radical (unpaired) electrons. The lowest BCUT2D eigenvalue weighted by Gasteiger charge is -1.97. The molecular formula is C7H8F2N4O3. The standard InChI is InChI=1S/C7H8F2N4O3/c1-10-7(14)6-4(13(15)16)2-12(11-6)3-5(8)9/h2,5H,3H2,1H3,(H,10,14). The molecule has 0 saturated carbocycles. The molecule has 0 aliphatic rings. The number of nitro groups is 1. The minimum Gasteiger partial charge on any atom is -0.353 e. The second-order valence-electron chi connectivity index (χ2n) is 2.81. The van der Waals surface area contributed by atoms with Gasteiger partial charge in [0.05, 0.1) is 4.92 Å². The van der Waals surface area contributed by atoms with E-state index in [-0.39, 0.29) is 0 Å². The number of halogens is 2. The molecule has 0 spiro atoms. The largest absolute Gasteiger partial charge is 0.353 e. The highest BCUT2D eigenvalue weighted by Crippen LogP contribution is 2.17. The number of nitrogens with one attached hydrogen (secondary N) is 1. The number of aromatic nitrogens is 2. The number of amides is 1. The molecule has 1 aromatic rings. The van der Waals surface area contributed by atoms with Crippen LogP contribution in [-0.2, 0) is 6.54 Å². The highest BCUT2D eigenvalue weighted by Gasteiger charge is 2.25. The highest BCUT2D eigenvalue weighted by atomic mass is 19.3. The molecule has 0 atom stereocenters. The monoisotopic (exact) mass is 234 g/mol. The lowest BCUT2D eigenvalue weighted by atomic mass is 10.3. The van der Waals surface area contributed by atoms with Crippen LogP contribution in [0.4, 0.5) is 14.5 Å². The van der Waals surface area contributed by atoms with Crippen molar-refractivity contribution in [2.24, 2.45) is 0 Å². The fourth-order valence-electron chi connectivity index (χ4n) is 1.06. The minimum atomic E-state index is -2.70. The van der Waals surface area contributed by atoms with Crippen LogP contribution in [0.2, 0.25) is 0 Å². The lowest BCUT2D eigenvalue weighted by Crippen LogP contribution is -2.20. The molecule has 1 rings (SSSR count). The molecule has 0 unspecified atom stereocenters. The van der Waals surface area contributed by atoms with Crippen LogP contribution >= 0.6 is 0 Å². The van der Waals surface area contributed by atoms with E-state index in [1.807, 2.05) is 0 Å². The Balaban J connectivity index is 3.10. The van der Waals surface area contributed by atoms with Gasteiger partial charge in [-0.05, 0) is 0 Å². The molecule has 1 heterocycles. The van der Waals surface area contributed by atoms with Gasteiger partial charge in [0, 0.05) is 7.05 Å². The average Bonchev–Trinajstić information content (AvgIpc) is 2.59. The molecule has 88 valence electrons. The van der Waals surface area contributed by atoms with E-state index in [0.717, 1.165) is 6.20 Å². The maximum absolute atomic E-state index is 12.0. The zero-order valence-corrected chi connectivity index (χ0v) is 8.18. The summed E-state index contributed by atoms with van der Waals surface area (Å²) in [4.78, 5) is 20.8. The minimum absolute atomic E-state index is 0.479. The number of carbonyl (C=O) groups is 1. The summed E-state index contributed by atoms with van der Waals surface area (Å²) in [7, 11) is 1.26. The fourth-order valence-corrected chi connectivity index (χ4v) is 1.06. The molecule has 1 amide bonds. The second-order valence-corrected chi connectivity index (χ2v) is 2.81. The lowest BCUT2D eigenvalue weighted by molar-refractivity contribution is -0.385. The van der Waals surface area contributed by atoms with Crippen LogP contribution in [0.25, 0.3) is 0 Å². The normalized spacial score (nSPS) is 10.5. The van der Waals surface area contributed by atoms with Gasteiger partial charge in [0.1, 0.15) is 12.7 Å². The third-order valence-corrected chi connectivity index (χ3v) is 1.71. The average molecular weight is 234 g/mol. The number of hydrogen-bond acceptors (Lipinski definition) is 4. The summed E-state index contributed by atoms with van der Waals surface area (Å²) in [5.74, 6) is -0.792. The van der Waals surface area contributed by atoms with Crippen molar-refractivity contribution in [3.8, 4) is 0 Å². The van der Waals surface area contributed by atoms with E-state index in [9.17, 15) is 23.7 Å². The molecule has 9 heteroatoms. The summed E-state index contributed by atoms with van der Waals surface area (Å²) in [6.07, 6.45) is -1.89. The van der Waals surface area contributed by atoms with Crippen molar-refractivity contribution >= 4 is 11.6 Å². The molecular weight excluding hydrogens is 226 g/mol. The first-order valence-corrected chi connectivity index (χ1v) is 4.17. The first-order chi connectivity index (χ1) is 7.45. The number of rotatable bonds is 4. The molecule has 7 nitrogen and oxygen atoms in total. The Kier molecular flexibility index (Phi) is 3.48. The number of carbonyl (C=O) groups excluding carboxylic acids is 1. The molecule has 0 fully saturated rings. The molecule has 0 saturated heterocycles. The summed E-state index contributed by atoms with van der Waals surface area (Å²) < 4.78 is 24.7. The Labute approximate surface area is 88.2 Å². The van der Waals surface area contributed by atoms with Crippen LogP contribution in [0.3, 0.4) is 0 Å². The summed E-state index contributed by atoms with van der Waals surface area (Å²) in [5, 5.41) is 16.1. The third-order valence-electron chi connectivity index (χ3n) is 1.71. The molecule has 0 aliphatic carbocycles. The fraction of sp³-hybridized carbons (Fsp3) is 0.429. The van der Waals surface area contributed by atoms with Crippen LogP contribution in [-0.4, -0.2) is 34.1 Å². The Morgan fingerprint density at radius 3 is 2.81 bits per heavy atom. The van der Waals surface area contributed by atoms with Crippen molar-refractivity contribution in [1.29, 1.82) is 0 Å². The molecule has 16 heavy (non-hydrogen) atoms. The third kappa shape index (κ3) is 2.49. The van der Waals surface area contributed by atoms with Gasteiger partial charge >= 0.3 is 5.69 Å². The van der Waals surface area contributed by atoms with Crippen molar-refractivity contribution in [1.82, 2.24) is 15.1 Å². The Morgan fingerprint density at radius 2 is 2.38 bits per heavy atom. The van der Waals surface area contributed by atoms with Crippen LogP contribution in [0.5, 0.6) is 0 Å². The van der Waals surface area contributed by atoms with Gasteiger partial charge < -0.3 is 5.32 Å². The van der Waals surface area contributed by atoms with Gasteiger partial charge in [-0.1, -0.05) is 0 Å². The first-order valence-electron chi connectivity index (χ1n) is 4.17. The van der Waals surface area contributed by atoms with Crippen molar-refractivity contribution < 1.29 is 18.5 Å². The summed E-state index contributed by atoms with van der Waals surface area (Å²) in [6, 6.07) is 0. The summed E-state index contributed by atoms with van der Waals surface area (Å²) in [6.45, 7) is -0.794. The van der Waals surface area contributed by atoms with Crippen molar-refractivity contribution in [2.45, 2.75) is 13.0 Å². The second kappa shape index (κ2) is 4.64. The smallest absolute Gasteiger partial charge is 0.320 e. The number of hydrogen-bond donors (Lipinski definition) is 1. The molecule has 1 aromatic heterocycles. The van der Waals surface area contributed by atoms with Crippen molar-refractivity contribution in [3.05, 3.63) is 22.0 Å². The molecule has 1 N–H and O–H groups in total. The predicted molar refractivity (Wildman–Crippen MR) is 48.3 cm³/mol. The van der Waals surface area contributed by atoms with Crippen LogP contribution in [0.1, 0.15) is 10.5 Å². The van der Waals surface area contributed by atoms with Gasteiger partial charge in [0.2, 0.25) is 5.69 Å². The van der Waals surface area contributed by atoms with Crippen molar-refractivity contribution in [2.75, 3.05) is 7.05 Å². The van der Waals surface area contributed by atoms with E-state index in [1.54, 1.807) is 0 Å². The van der Waals surface area contributed by atoms with Gasteiger partial charge in [0.15, 0.2) is 0 Å². The highest BCUT2D eigenvalue weighted by molar-refractivity contribution is 5.95. The zero-order chi connectivity index (χ0) is 12.3. The predicted octanol–water partition coefficient (Wildman–Crippen LogP) is 0.416. The van der Waals surface area contributed by atoms with E-state index in [2.05, 4.69) is 10.4 Å². The Morgan fingerprint density at radius 1 is 1.75 bits per heavy atom. The van der Waals surface area contributed by atoms with Crippen LogP contribution < -0.4 is 5.32 Å². The van der Waals surface area contributed by atoms with E-state index < -0.39 is 35.2 Å². The summed E-state index contributed by atoms with van der Waals surface area (Å²) >= 11 is 0. The summed E-state index contributed by atoms with van der Waals surface area (Å²) in [5.41, 5.74) is -1.08. The molecule has 0 bridgehead atoms. The first kappa shape index (κ1) is 12.0. The maximum atomic E-state index is 12.0. The van der Waals surface area contributed by atoms with Gasteiger partial charge in [-0.15, -0.1) is 0 Å². The van der Waals surface area contributed by atoms with Gasteiger partial charge in [-0.2, -0.15) is 5.10 Å². The SMILES string of the molecule is CNC(=O)c1nn(CC(F)F)cc1[N+](=O)[O-]. The number of nitrogens with zero attached hydrogens (tertiary/aromatic N) is 3. The van der Waals surface area contributed by atoms with Crippen LogP contribution in [0, 0.1) is 10.1 Å². The van der Waals surface area contributed by atoms with E-state index >= 15 is 0 Å². The van der Waals surface area contributed by atoms with Crippen molar-refractivity contribution in [3.63, 3.8) is 0 Å². The van der Waals surface area contributed by atoms with Gasteiger partial charge in [-0.25, -0.2) is 8.78 Å². The van der Waals surface area contributed by atoms with Gasteiger partial charge in [-0.3, -0.25) is 19.6 Å². The molecule has 0 aliphatic heterocycles. The number of alkyl halides is 2. The van der Waals surface area contributed by atoms with Gasteiger partial charge in [0.25, 0.3) is 12.3 Å². The zero-order valence-electron chi connectivity index (χ0n) is 8.18.